The maximum Gasteiger partial charge on any atom is 0.259 e. The van der Waals surface area contributed by atoms with Crippen LogP contribution in [0.5, 0.6) is 11.5 Å². The highest BCUT2D eigenvalue weighted by Gasteiger charge is 2.12. The van der Waals surface area contributed by atoms with Gasteiger partial charge in [-0.15, -0.1) is 0 Å². The highest BCUT2D eigenvalue weighted by molar-refractivity contribution is 7.08. The SMILES string of the molecule is COc1cc2nc(C(Cl)=Cc3ccsc3)[nH]c(=O)c2cc1OC. The molecule has 0 spiro atoms. The van der Waals surface area contributed by atoms with Crippen molar-refractivity contribution in [2.24, 2.45) is 0 Å². The number of rotatable bonds is 4. The van der Waals surface area contributed by atoms with Gasteiger partial charge in [-0.05, 0) is 34.5 Å². The number of benzene rings is 1. The number of hydrogen-bond donors (Lipinski definition) is 1. The van der Waals surface area contributed by atoms with E-state index in [4.69, 9.17) is 21.1 Å². The Bertz CT molecular complexity index is 932. The maximum absolute atomic E-state index is 12.3. The molecule has 0 radical (unpaired) electrons. The minimum Gasteiger partial charge on any atom is -0.493 e. The van der Waals surface area contributed by atoms with Crippen LogP contribution in [0.3, 0.4) is 0 Å². The number of fused-ring (bicyclic) bond motifs is 1. The minimum absolute atomic E-state index is 0.289. The molecule has 0 fully saturated rings. The molecule has 0 amide bonds. The van der Waals surface area contributed by atoms with E-state index in [-0.39, 0.29) is 5.56 Å². The zero-order chi connectivity index (χ0) is 16.4. The van der Waals surface area contributed by atoms with Crippen LogP contribution in [0.15, 0.2) is 33.8 Å². The maximum atomic E-state index is 12.3. The summed E-state index contributed by atoms with van der Waals surface area (Å²) in [6, 6.07) is 5.18. The normalized spacial score (nSPS) is 11.7. The minimum atomic E-state index is -0.289. The Labute approximate surface area is 141 Å². The average molecular weight is 349 g/mol. The van der Waals surface area contributed by atoms with Gasteiger partial charge < -0.3 is 14.5 Å². The summed E-state index contributed by atoms with van der Waals surface area (Å²) in [6.45, 7) is 0. The lowest BCUT2D eigenvalue weighted by molar-refractivity contribution is 0.355. The Morgan fingerprint density at radius 3 is 2.70 bits per heavy atom. The molecule has 0 atom stereocenters. The Balaban J connectivity index is 2.15. The molecule has 7 heteroatoms. The van der Waals surface area contributed by atoms with E-state index < -0.39 is 0 Å². The Kier molecular flexibility index (Phi) is 4.36. The van der Waals surface area contributed by atoms with Crippen molar-refractivity contribution >= 4 is 44.9 Å². The largest absolute Gasteiger partial charge is 0.493 e. The van der Waals surface area contributed by atoms with Crippen molar-refractivity contribution in [1.29, 1.82) is 0 Å². The summed E-state index contributed by atoms with van der Waals surface area (Å²) >= 11 is 7.84. The second-order valence-corrected chi connectivity index (χ2v) is 5.88. The quantitative estimate of drug-likeness (QED) is 0.780. The smallest absolute Gasteiger partial charge is 0.259 e. The van der Waals surface area contributed by atoms with Gasteiger partial charge in [0.25, 0.3) is 5.56 Å². The molecule has 0 aliphatic heterocycles. The van der Waals surface area contributed by atoms with Gasteiger partial charge in [0.05, 0.1) is 30.2 Å². The van der Waals surface area contributed by atoms with Crippen molar-refractivity contribution < 1.29 is 9.47 Å². The standard InChI is InChI=1S/C16H13ClN2O3S/c1-21-13-6-10-12(7-14(13)22-2)18-15(19-16(10)20)11(17)5-9-3-4-23-8-9/h3-8H,1-2H3,(H,18,19,20). The van der Waals surface area contributed by atoms with Crippen LogP contribution < -0.4 is 15.0 Å². The zero-order valence-corrected chi connectivity index (χ0v) is 14.0. The molecule has 2 heterocycles. The van der Waals surface area contributed by atoms with Crippen molar-refractivity contribution in [3.8, 4) is 11.5 Å². The highest BCUT2D eigenvalue weighted by Crippen LogP contribution is 2.30. The van der Waals surface area contributed by atoms with E-state index >= 15 is 0 Å². The van der Waals surface area contributed by atoms with Crippen LogP contribution in [0, 0.1) is 0 Å². The van der Waals surface area contributed by atoms with Crippen LogP contribution in [0.4, 0.5) is 0 Å². The van der Waals surface area contributed by atoms with Gasteiger partial charge in [-0.3, -0.25) is 4.79 Å². The highest BCUT2D eigenvalue weighted by atomic mass is 35.5. The molecule has 3 aromatic rings. The molecular weight excluding hydrogens is 336 g/mol. The first-order valence-electron chi connectivity index (χ1n) is 6.68. The van der Waals surface area contributed by atoms with E-state index in [1.807, 2.05) is 16.8 Å². The van der Waals surface area contributed by atoms with Gasteiger partial charge in [-0.1, -0.05) is 11.6 Å². The molecular formula is C16H13ClN2O3S. The van der Waals surface area contributed by atoms with Gasteiger partial charge >= 0.3 is 0 Å². The molecule has 0 unspecified atom stereocenters. The Morgan fingerprint density at radius 1 is 1.30 bits per heavy atom. The van der Waals surface area contributed by atoms with Gasteiger partial charge in [0.15, 0.2) is 17.3 Å². The van der Waals surface area contributed by atoms with E-state index in [9.17, 15) is 4.79 Å². The molecule has 0 bridgehead atoms. The van der Waals surface area contributed by atoms with Crippen molar-refractivity contribution in [2.75, 3.05) is 14.2 Å². The van der Waals surface area contributed by atoms with Crippen LogP contribution in [0.25, 0.3) is 22.0 Å². The van der Waals surface area contributed by atoms with Gasteiger partial charge in [0.1, 0.15) is 0 Å². The number of H-pyrrole nitrogens is 1. The molecule has 0 aliphatic rings. The lowest BCUT2D eigenvalue weighted by Crippen LogP contribution is -2.11. The van der Waals surface area contributed by atoms with Crippen LogP contribution in [0.2, 0.25) is 0 Å². The van der Waals surface area contributed by atoms with Crippen LogP contribution in [-0.4, -0.2) is 24.2 Å². The number of thiophene rings is 1. The van der Waals surface area contributed by atoms with Crippen molar-refractivity contribution in [2.45, 2.75) is 0 Å². The zero-order valence-electron chi connectivity index (χ0n) is 12.4. The fourth-order valence-electron chi connectivity index (χ4n) is 2.15. The number of methoxy groups -OCH3 is 2. The number of nitrogens with zero attached hydrogens (tertiary/aromatic N) is 1. The lowest BCUT2D eigenvalue weighted by Gasteiger charge is -2.09. The second-order valence-electron chi connectivity index (χ2n) is 4.69. The van der Waals surface area contributed by atoms with Crippen molar-refractivity contribution in [1.82, 2.24) is 9.97 Å². The van der Waals surface area contributed by atoms with Gasteiger partial charge in [0.2, 0.25) is 0 Å². The number of aromatic nitrogens is 2. The fourth-order valence-corrected chi connectivity index (χ4v) is 2.98. The first kappa shape index (κ1) is 15.6. The van der Waals surface area contributed by atoms with E-state index in [0.717, 1.165) is 5.56 Å². The van der Waals surface area contributed by atoms with E-state index in [0.29, 0.717) is 33.3 Å². The predicted octanol–water partition coefficient (Wildman–Crippen LogP) is 3.74. The summed E-state index contributed by atoms with van der Waals surface area (Å²) in [5, 5.41) is 4.67. The van der Waals surface area contributed by atoms with Crippen LogP contribution in [-0.2, 0) is 0 Å². The summed E-state index contributed by atoms with van der Waals surface area (Å²) in [6.07, 6.45) is 1.75. The van der Waals surface area contributed by atoms with Crippen molar-refractivity contribution in [3.05, 3.63) is 50.7 Å². The molecule has 1 aromatic carbocycles. The van der Waals surface area contributed by atoms with Crippen LogP contribution in [0.1, 0.15) is 11.4 Å². The van der Waals surface area contributed by atoms with Crippen molar-refractivity contribution in [3.63, 3.8) is 0 Å². The third-order valence-electron chi connectivity index (χ3n) is 3.27. The monoisotopic (exact) mass is 348 g/mol. The third kappa shape index (κ3) is 3.09. The lowest BCUT2D eigenvalue weighted by atomic mass is 10.2. The summed E-state index contributed by atoms with van der Waals surface area (Å²) in [5.41, 5.74) is 1.15. The van der Waals surface area contributed by atoms with E-state index in [2.05, 4.69) is 9.97 Å². The predicted molar refractivity (Wildman–Crippen MR) is 93.5 cm³/mol. The van der Waals surface area contributed by atoms with Gasteiger partial charge in [0, 0.05) is 6.07 Å². The summed E-state index contributed by atoms with van der Waals surface area (Å²) in [4.78, 5) is 19.4. The Morgan fingerprint density at radius 2 is 2.04 bits per heavy atom. The number of ether oxygens (including phenoxy) is 2. The average Bonchev–Trinajstić information content (AvgIpc) is 3.06. The third-order valence-corrected chi connectivity index (χ3v) is 4.26. The molecule has 0 aliphatic carbocycles. The first-order valence-corrected chi connectivity index (χ1v) is 8.00. The molecule has 5 nitrogen and oxygen atoms in total. The molecule has 23 heavy (non-hydrogen) atoms. The molecule has 0 saturated heterocycles. The molecule has 118 valence electrons. The topological polar surface area (TPSA) is 64.2 Å². The number of nitrogens with one attached hydrogen (secondary N) is 1. The Hall–Kier alpha value is -2.31. The molecule has 1 N–H and O–H groups in total. The number of aromatic amines is 1. The van der Waals surface area contributed by atoms with E-state index in [1.165, 1.54) is 14.2 Å². The number of halogens is 1. The summed E-state index contributed by atoms with van der Waals surface area (Å²) < 4.78 is 10.5. The second kappa shape index (κ2) is 6.44. The molecule has 3 rings (SSSR count). The molecule has 2 aromatic heterocycles. The summed E-state index contributed by atoms with van der Waals surface area (Å²) in [7, 11) is 3.04. The van der Waals surface area contributed by atoms with E-state index in [1.54, 1.807) is 29.5 Å². The van der Waals surface area contributed by atoms with Gasteiger partial charge in [-0.2, -0.15) is 11.3 Å². The number of hydrogen-bond acceptors (Lipinski definition) is 5. The summed E-state index contributed by atoms with van der Waals surface area (Å²) in [5.74, 6) is 1.28. The van der Waals surface area contributed by atoms with Crippen LogP contribution >= 0.6 is 22.9 Å². The molecule has 0 saturated carbocycles. The fraction of sp³-hybridized carbons (Fsp3) is 0.125. The van der Waals surface area contributed by atoms with Gasteiger partial charge in [-0.25, -0.2) is 4.98 Å². The first-order chi connectivity index (χ1) is 11.1.